The van der Waals surface area contributed by atoms with Crippen LogP contribution in [0.1, 0.15) is 69.1 Å². The summed E-state index contributed by atoms with van der Waals surface area (Å²) in [5.41, 5.74) is 4.59. The lowest BCUT2D eigenvalue weighted by Gasteiger charge is -2.11. The number of aryl methyl sites for hydroxylation is 1. The second kappa shape index (κ2) is 5.03. The SMILES string of the molecule is CCCCc1cc([C](C)C)cc(C2CC2)c1. The average molecular weight is 215 g/mol. The van der Waals surface area contributed by atoms with Gasteiger partial charge in [0.2, 0.25) is 0 Å². The van der Waals surface area contributed by atoms with Crippen molar-refractivity contribution < 1.29 is 0 Å². The van der Waals surface area contributed by atoms with E-state index in [1.54, 1.807) is 11.1 Å². The average Bonchev–Trinajstić information content (AvgIpc) is 3.09. The molecule has 16 heavy (non-hydrogen) atoms. The lowest BCUT2D eigenvalue weighted by Crippen LogP contribution is -1.95. The van der Waals surface area contributed by atoms with Crippen molar-refractivity contribution in [3.05, 3.63) is 40.8 Å². The van der Waals surface area contributed by atoms with Crippen LogP contribution in [0.2, 0.25) is 0 Å². The zero-order valence-electron chi connectivity index (χ0n) is 10.8. The molecule has 1 fully saturated rings. The summed E-state index contributed by atoms with van der Waals surface area (Å²) in [4.78, 5) is 0. The van der Waals surface area contributed by atoms with Gasteiger partial charge in [0.1, 0.15) is 0 Å². The smallest absolute Gasteiger partial charge is 0.00118 e. The van der Waals surface area contributed by atoms with Crippen LogP contribution in [-0.4, -0.2) is 0 Å². The van der Waals surface area contributed by atoms with E-state index >= 15 is 0 Å². The van der Waals surface area contributed by atoms with Crippen LogP contribution in [0.4, 0.5) is 0 Å². The Morgan fingerprint density at radius 2 is 1.94 bits per heavy atom. The maximum absolute atomic E-state index is 2.44. The second-order valence-corrected chi connectivity index (χ2v) is 5.34. The Labute approximate surface area is 100 Å². The van der Waals surface area contributed by atoms with Gasteiger partial charge in [-0.2, -0.15) is 0 Å². The lowest BCUT2D eigenvalue weighted by molar-refractivity contribution is 0.792. The van der Waals surface area contributed by atoms with Gasteiger partial charge in [-0.3, -0.25) is 0 Å². The summed E-state index contributed by atoms with van der Waals surface area (Å²) in [5, 5.41) is 0. The first-order chi connectivity index (χ1) is 7.70. The quantitative estimate of drug-likeness (QED) is 0.657. The van der Waals surface area contributed by atoms with E-state index in [1.165, 1.54) is 43.6 Å². The van der Waals surface area contributed by atoms with E-state index in [0.29, 0.717) is 0 Å². The fourth-order valence-electron chi connectivity index (χ4n) is 2.18. The molecule has 0 heterocycles. The van der Waals surface area contributed by atoms with Gasteiger partial charge >= 0.3 is 0 Å². The van der Waals surface area contributed by atoms with E-state index < -0.39 is 0 Å². The number of benzene rings is 1. The molecular weight excluding hydrogens is 192 g/mol. The number of rotatable bonds is 5. The van der Waals surface area contributed by atoms with Crippen LogP contribution in [0.3, 0.4) is 0 Å². The highest BCUT2D eigenvalue weighted by Crippen LogP contribution is 2.41. The molecule has 1 aromatic carbocycles. The zero-order chi connectivity index (χ0) is 11.5. The summed E-state index contributed by atoms with van der Waals surface area (Å²) in [6, 6.07) is 7.24. The van der Waals surface area contributed by atoms with Gasteiger partial charge in [0.15, 0.2) is 0 Å². The molecule has 1 radical (unpaired) electrons. The van der Waals surface area contributed by atoms with Crippen molar-refractivity contribution >= 4 is 0 Å². The Bertz CT molecular complexity index is 325. The zero-order valence-corrected chi connectivity index (χ0v) is 10.8. The van der Waals surface area contributed by atoms with Crippen LogP contribution in [0, 0.1) is 5.92 Å². The predicted molar refractivity (Wildman–Crippen MR) is 70.7 cm³/mol. The summed E-state index contributed by atoms with van der Waals surface area (Å²) < 4.78 is 0. The normalized spacial score (nSPS) is 15.8. The van der Waals surface area contributed by atoms with Gasteiger partial charge in [-0.15, -0.1) is 0 Å². The molecule has 0 nitrogen and oxygen atoms in total. The third kappa shape index (κ3) is 2.87. The number of hydrogen-bond donors (Lipinski definition) is 0. The third-order valence-electron chi connectivity index (χ3n) is 3.46. The van der Waals surface area contributed by atoms with Crippen molar-refractivity contribution in [2.24, 2.45) is 0 Å². The molecule has 0 heteroatoms. The largest absolute Gasteiger partial charge is 0.0654 e. The van der Waals surface area contributed by atoms with E-state index in [-0.39, 0.29) is 0 Å². The van der Waals surface area contributed by atoms with Gasteiger partial charge in [0.25, 0.3) is 0 Å². The molecule has 1 aliphatic rings. The molecule has 0 unspecified atom stereocenters. The second-order valence-electron chi connectivity index (χ2n) is 5.34. The minimum Gasteiger partial charge on any atom is -0.0654 e. The van der Waals surface area contributed by atoms with Crippen molar-refractivity contribution in [1.29, 1.82) is 0 Å². The Morgan fingerprint density at radius 1 is 1.19 bits per heavy atom. The summed E-state index contributed by atoms with van der Waals surface area (Å²) in [5.74, 6) is 2.32. The highest BCUT2D eigenvalue weighted by atomic mass is 14.3. The minimum atomic E-state index is 0.875. The fraction of sp³-hybridized carbons (Fsp3) is 0.562. The van der Waals surface area contributed by atoms with Crippen LogP contribution in [0.5, 0.6) is 0 Å². The first-order valence-corrected chi connectivity index (χ1v) is 6.65. The molecule has 87 valence electrons. The topological polar surface area (TPSA) is 0 Å². The summed E-state index contributed by atoms with van der Waals surface area (Å²) >= 11 is 0. The van der Waals surface area contributed by atoms with E-state index in [2.05, 4.69) is 39.0 Å². The predicted octanol–water partition coefficient (Wildman–Crippen LogP) is 4.87. The van der Waals surface area contributed by atoms with E-state index in [4.69, 9.17) is 0 Å². The van der Waals surface area contributed by atoms with Gasteiger partial charge in [0.05, 0.1) is 0 Å². The van der Waals surface area contributed by atoms with Gasteiger partial charge in [0, 0.05) is 0 Å². The molecule has 0 saturated heterocycles. The Kier molecular flexibility index (Phi) is 3.68. The Balaban J connectivity index is 2.21. The molecule has 0 spiro atoms. The van der Waals surface area contributed by atoms with Crippen LogP contribution in [0.25, 0.3) is 0 Å². The van der Waals surface area contributed by atoms with Crippen molar-refractivity contribution in [3.63, 3.8) is 0 Å². The van der Waals surface area contributed by atoms with Gasteiger partial charge in [-0.1, -0.05) is 45.4 Å². The molecule has 1 aliphatic carbocycles. The standard InChI is InChI=1S/C16H23/c1-4-5-6-13-9-15(12(2)3)11-16(10-13)14-7-8-14/h9-11,14H,4-8H2,1-3H3. The summed E-state index contributed by atoms with van der Waals surface area (Å²) in [7, 11) is 0. The third-order valence-corrected chi connectivity index (χ3v) is 3.46. The van der Waals surface area contributed by atoms with Gasteiger partial charge in [-0.25, -0.2) is 0 Å². The van der Waals surface area contributed by atoms with Crippen LogP contribution in [0.15, 0.2) is 18.2 Å². The van der Waals surface area contributed by atoms with E-state index in [9.17, 15) is 0 Å². The molecule has 0 atom stereocenters. The van der Waals surface area contributed by atoms with Crippen molar-refractivity contribution in [2.75, 3.05) is 0 Å². The van der Waals surface area contributed by atoms with Crippen molar-refractivity contribution in [1.82, 2.24) is 0 Å². The molecule has 1 saturated carbocycles. The maximum Gasteiger partial charge on any atom is -0.00118 e. The monoisotopic (exact) mass is 215 g/mol. The Hall–Kier alpha value is -0.780. The van der Waals surface area contributed by atoms with Gasteiger partial charge < -0.3 is 0 Å². The molecule has 0 aromatic heterocycles. The minimum absolute atomic E-state index is 0.875. The van der Waals surface area contributed by atoms with Crippen LogP contribution < -0.4 is 0 Å². The summed E-state index contributed by atoms with van der Waals surface area (Å²) in [6.45, 7) is 6.70. The first kappa shape index (κ1) is 11.7. The van der Waals surface area contributed by atoms with Gasteiger partial charge in [-0.05, 0) is 54.2 Å². The molecular formula is C16H23. The molecule has 0 bridgehead atoms. The van der Waals surface area contributed by atoms with E-state index in [1.807, 2.05) is 0 Å². The highest BCUT2D eigenvalue weighted by Gasteiger charge is 2.24. The molecule has 2 rings (SSSR count). The molecule has 0 aliphatic heterocycles. The lowest BCUT2D eigenvalue weighted by atomic mass is 9.94. The number of hydrogen-bond acceptors (Lipinski definition) is 0. The Morgan fingerprint density at radius 3 is 2.50 bits per heavy atom. The maximum atomic E-state index is 2.44. The van der Waals surface area contributed by atoms with Crippen molar-refractivity contribution in [2.45, 2.75) is 58.8 Å². The molecule has 0 N–H and O–H groups in total. The van der Waals surface area contributed by atoms with Crippen LogP contribution >= 0.6 is 0 Å². The highest BCUT2D eigenvalue weighted by molar-refractivity contribution is 5.39. The fourth-order valence-corrected chi connectivity index (χ4v) is 2.18. The first-order valence-electron chi connectivity index (χ1n) is 6.65. The number of unbranched alkanes of at least 4 members (excludes halogenated alkanes) is 1. The molecule has 0 amide bonds. The van der Waals surface area contributed by atoms with E-state index in [0.717, 1.165) is 5.92 Å². The van der Waals surface area contributed by atoms with Crippen LogP contribution in [-0.2, 0) is 6.42 Å². The van der Waals surface area contributed by atoms with Crippen molar-refractivity contribution in [3.8, 4) is 0 Å². The molecule has 1 aromatic rings. The summed E-state index contributed by atoms with van der Waals surface area (Å²) in [6.07, 6.45) is 6.66.